The summed E-state index contributed by atoms with van der Waals surface area (Å²) in [6.45, 7) is 2.78. The average Bonchev–Trinajstić information content (AvgIpc) is 2.26. The summed E-state index contributed by atoms with van der Waals surface area (Å²) in [7, 11) is 0. The van der Waals surface area contributed by atoms with Gasteiger partial charge in [-0.1, -0.05) is 31.5 Å². The Morgan fingerprint density at radius 2 is 2.12 bits per heavy atom. The monoisotopic (exact) mass is 220 g/mol. The van der Waals surface area contributed by atoms with Crippen LogP contribution in [0, 0.1) is 5.92 Å². The fourth-order valence-electron chi connectivity index (χ4n) is 1.97. The summed E-state index contributed by atoms with van der Waals surface area (Å²) in [5.41, 5.74) is 0.921. The average molecular weight is 220 g/mol. The number of hydrogen-bond donors (Lipinski definition) is 1. The van der Waals surface area contributed by atoms with Gasteiger partial charge in [-0.05, 0) is 31.2 Å². The molecule has 0 bridgehead atoms. The first-order chi connectivity index (χ1) is 7.81. The molecule has 16 heavy (non-hydrogen) atoms. The van der Waals surface area contributed by atoms with E-state index in [-0.39, 0.29) is 0 Å². The Balaban J connectivity index is 2.00. The van der Waals surface area contributed by atoms with Crippen LogP contribution in [0.15, 0.2) is 24.3 Å². The molecule has 1 aromatic rings. The van der Waals surface area contributed by atoms with Gasteiger partial charge in [0.25, 0.3) is 0 Å². The predicted octanol–water partition coefficient (Wildman–Crippen LogP) is 3.31. The molecular weight excluding hydrogens is 200 g/mol. The van der Waals surface area contributed by atoms with E-state index in [0.29, 0.717) is 0 Å². The molecule has 1 aliphatic carbocycles. The van der Waals surface area contributed by atoms with Crippen LogP contribution in [0.1, 0.15) is 44.3 Å². The van der Waals surface area contributed by atoms with E-state index >= 15 is 0 Å². The molecule has 0 aromatic heterocycles. The van der Waals surface area contributed by atoms with Crippen LogP contribution in [-0.4, -0.2) is 11.7 Å². The number of aliphatic hydroxyl groups is 1. The van der Waals surface area contributed by atoms with Crippen LogP contribution in [-0.2, 0) is 0 Å². The van der Waals surface area contributed by atoms with Gasteiger partial charge in [0, 0.05) is 5.56 Å². The smallest absolute Gasteiger partial charge is 0.125 e. The largest absolute Gasteiger partial charge is 0.493 e. The van der Waals surface area contributed by atoms with Crippen molar-refractivity contribution >= 4 is 0 Å². The second-order valence-electron chi connectivity index (χ2n) is 4.57. The third kappa shape index (κ3) is 2.56. The van der Waals surface area contributed by atoms with Gasteiger partial charge >= 0.3 is 0 Å². The summed E-state index contributed by atoms with van der Waals surface area (Å²) in [6, 6.07) is 7.81. The number of benzene rings is 1. The van der Waals surface area contributed by atoms with Crippen LogP contribution in [0.3, 0.4) is 0 Å². The van der Waals surface area contributed by atoms with Crippen molar-refractivity contribution in [3.05, 3.63) is 29.8 Å². The van der Waals surface area contributed by atoms with E-state index in [1.165, 1.54) is 19.3 Å². The van der Waals surface area contributed by atoms with Crippen LogP contribution >= 0.6 is 0 Å². The van der Waals surface area contributed by atoms with Crippen molar-refractivity contribution in [2.75, 3.05) is 6.61 Å². The van der Waals surface area contributed by atoms with E-state index in [2.05, 4.69) is 0 Å². The Labute approximate surface area is 97.3 Å². The molecule has 0 radical (unpaired) electrons. The summed E-state index contributed by atoms with van der Waals surface area (Å²) >= 11 is 0. The zero-order valence-corrected chi connectivity index (χ0v) is 9.86. The van der Waals surface area contributed by atoms with Gasteiger partial charge in [0.05, 0.1) is 12.7 Å². The quantitative estimate of drug-likeness (QED) is 0.825. The number of rotatable bonds is 5. The van der Waals surface area contributed by atoms with E-state index in [1.807, 2.05) is 31.2 Å². The molecule has 0 saturated heterocycles. The molecule has 1 aliphatic rings. The molecular formula is C14H20O2. The van der Waals surface area contributed by atoms with E-state index in [1.54, 1.807) is 0 Å². The molecule has 1 aromatic carbocycles. The minimum absolute atomic E-state index is 0.405. The molecule has 1 saturated carbocycles. The lowest BCUT2D eigenvalue weighted by molar-refractivity contribution is 0.153. The first-order valence-corrected chi connectivity index (χ1v) is 6.21. The summed E-state index contributed by atoms with van der Waals surface area (Å²) in [6.07, 6.45) is 4.24. The van der Waals surface area contributed by atoms with Gasteiger partial charge < -0.3 is 9.84 Å². The van der Waals surface area contributed by atoms with E-state index < -0.39 is 6.10 Å². The van der Waals surface area contributed by atoms with Crippen molar-refractivity contribution in [3.8, 4) is 5.75 Å². The molecule has 0 spiro atoms. The Morgan fingerprint density at radius 1 is 1.38 bits per heavy atom. The highest BCUT2D eigenvalue weighted by Crippen LogP contribution is 2.30. The standard InChI is InChI=1S/C14H20O2/c1-2-13(15)12-8-3-4-9-14(12)16-10-11-6-5-7-11/h3-4,8-9,11,13,15H,2,5-7,10H2,1H3. The second-order valence-corrected chi connectivity index (χ2v) is 4.57. The molecule has 88 valence electrons. The van der Waals surface area contributed by atoms with Gasteiger partial charge in [-0.15, -0.1) is 0 Å². The zero-order chi connectivity index (χ0) is 11.4. The van der Waals surface area contributed by atoms with Crippen LogP contribution in [0.25, 0.3) is 0 Å². The van der Waals surface area contributed by atoms with Gasteiger partial charge in [-0.3, -0.25) is 0 Å². The zero-order valence-electron chi connectivity index (χ0n) is 9.86. The fourth-order valence-corrected chi connectivity index (χ4v) is 1.97. The van der Waals surface area contributed by atoms with E-state index in [4.69, 9.17) is 4.74 Å². The lowest BCUT2D eigenvalue weighted by Gasteiger charge is -2.26. The normalized spacial score (nSPS) is 17.9. The second kappa shape index (κ2) is 5.35. The number of aliphatic hydroxyl groups excluding tert-OH is 1. The Kier molecular flexibility index (Phi) is 3.83. The van der Waals surface area contributed by atoms with Crippen LogP contribution in [0.4, 0.5) is 0 Å². The van der Waals surface area contributed by atoms with Crippen LogP contribution in [0.5, 0.6) is 5.75 Å². The van der Waals surface area contributed by atoms with Crippen molar-refractivity contribution < 1.29 is 9.84 Å². The van der Waals surface area contributed by atoms with Crippen molar-refractivity contribution in [3.63, 3.8) is 0 Å². The minimum Gasteiger partial charge on any atom is -0.493 e. The first kappa shape index (κ1) is 11.5. The molecule has 1 fully saturated rings. The maximum absolute atomic E-state index is 9.87. The van der Waals surface area contributed by atoms with Crippen molar-refractivity contribution in [1.29, 1.82) is 0 Å². The van der Waals surface area contributed by atoms with Crippen LogP contribution in [0.2, 0.25) is 0 Å². The molecule has 1 atom stereocenters. The molecule has 0 amide bonds. The fraction of sp³-hybridized carbons (Fsp3) is 0.571. The summed E-state index contributed by atoms with van der Waals surface area (Å²) in [5, 5.41) is 9.87. The van der Waals surface area contributed by atoms with Gasteiger partial charge in [-0.2, -0.15) is 0 Å². The van der Waals surface area contributed by atoms with Crippen molar-refractivity contribution in [2.24, 2.45) is 5.92 Å². The lowest BCUT2D eigenvalue weighted by Crippen LogP contribution is -2.19. The molecule has 1 N–H and O–H groups in total. The summed E-state index contributed by atoms with van der Waals surface area (Å²) < 4.78 is 5.80. The third-order valence-corrected chi connectivity index (χ3v) is 3.36. The van der Waals surface area contributed by atoms with Gasteiger partial charge in [0.2, 0.25) is 0 Å². The third-order valence-electron chi connectivity index (χ3n) is 3.36. The highest BCUT2D eigenvalue weighted by Gasteiger charge is 2.19. The van der Waals surface area contributed by atoms with Crippen LogP contribution < -0.4 is 4.74 Å². The minimum atomic E-state index is -0.405. The molecule has 1 unspecified atom stereocenters. The predicted molar refractivity (Wildman–Crippen MR) is 64.5 cm³/mol. The highest BCUT2D eigenvalue weighted by molar-refractivity contribution is 5.35. The van der Waals surface area contributed by atoms with Crippen molar-refractivity contribution in [1.82, 2.24) is 0 Å². The Hall–Kier alpha value is -1.02. The van der Waals surface area contributed by atoms with E-state index in [9.17, 15) is 5.11 Å². The summed E-state index contributed by atoms with van der Waals surface area (Å²) in [5.74, 6) is 1.58. The highest BCUT2D eigenvalue weighted by atomic mass is 16.5. The van der Waals surface area contributed by atoms with Crippen molar-refractivity contribution in [2.45, 2.75) is 38.7 Å². The topological polar surface area (TPSA) is 29.5 Å². The van der Waals surface area contributed by atoms with Gasteiger partial charge in [0.15, 0.2) is 0 Å². The Morgan fingerprint density at radius 3 is 2.75 bits per heavy atom. The summed E-state index contributed by atoms with van der Waals surface area (Å²) in [4.78, 5) is 0. The van der Waals surface area contributed by atoms with Gasteiger partial charge in [-0.25, -0.2) is 0 Å². The SMILES string of the molecule is CCC(O)c1ccccc1OCC1CCC1. The molecule has 0 aliphatic heterocycles. The first-order valence-electron chi connectivity index (χ1n) is 6.21. The Bertz CT molecular complexity index is 331. The lowest BCUT2D eigenvalue weighted by atomic mass is 9.86. The number of ether oxygens (including phenoxy) is 1. The van der Waals surface area contributed by atoms with Gasteiger partial charge in [0.1, 0.15) is 5.75 Å². The molecule has 2 heteroatoms. The number of hydrogen-bond acceptors (Lipinski definition) is 2. The number of para-hydroxylation sites is 1. The maximum atomic E-state index is 9.87. The molecule has 2 nitrogen and oxygen atoms in total. The van der Waals surface area contributed by atoms with E-state index in [0.717, 1.165) is 30.3 Å². The maximum Gasteiger partial charge on any atom is 0.125 e. The molecule has 2 rings (SSSR count). The molecule has 0 heterocycles.